The number of nitrogens with zero attached hydrogens (tertiary/aromatic N) is 1. The Kier molecular flexibility index (Phi) is 3.59. The molecule has 7 heteroatoms. The molecule has 2 aromatic rings. The fraction of sp³-hybridized carbons (Fsp3) is 0.500. The highest BCUT2D eigenvalue weighted by atomic mass is 32.1. The number of rotatable bonds is 4. The molecule has 132 valence electrons. The number of piperidine rings is 1. The van der Waals surface area contributed by atoms with Gasteiger partial charge in [0.15, 0.2) is 0 Å². The predicted octanol–water partition coefficient (Wildman–Crippen LogP) is 2.97. The van der Waals surface area contributed by atoms with Crippen LogP contribution in [0.3, 0.4) is 0 Å². The number of likely N-dealkylation sites (N-methyl/N-ethyl adjacent to an activating group) is 1. The summed E-state index contributed by atoms with van der Waals surface area (Å²) in [6, 6.07) is 8.55. The van der Waals surface area contributed by atoms with E-state index in [4.69, 9.17) is 4.74 Å². The number of hydrogen-bond donors (Lipinski definition) is 1. The molecular weight excluding hydrogens is 358 g/mol. The lowest BCUT2D eigenvalue weighted by atomic mass is 9.67. The zero-order valence-electron chi connectivity index (χ0n) is 13.7. The highest BCUT2D eigenvalue weighted by Crippen LogP contribution is 2.56. The molecule has 0 radical (unpaired) electrons. The standard InChI is InChI=1S/C18H19NO4S2/c1-19-11-8-10(9-12(19)16-15(11)22-16)18(17(20)23-21,13-4-2-6-24-13)14-5-3-7-25-14/h2-7,10-12,15-16,21H,8-9H2,1H3. The van der Waals surface area contributed by atoms with Crippen molar-refractivity contribution in [3.8, 4) is 0 Å². The van der Waals surface area contributed by atoms with Crippen molar-refractivity contribution in [2.75, 3.05) is 7.05 Å². The first-order chi connectivity index (χ1) is 12.2. The average Bonchev–Trinajstić information content (AvgIpc) is 2.97. The van der Waals surface area contributed by atoms with Crippen molar-refractivity contribution in [3.63, 3.8) is 0 Å². The van der Waals surface area contributed by atoms with Crippen LogP contribution in [0.4, 0.5) is 0 Å². The van der Waals surface area contributed by atoms with Gasteiger partial charge < -0.3 is 4.74 Å². The smallest absolute Gasteiger partial charge is 0.358 e. The number of hydrogen-bond acceptors (Lipinski definition) is 7. The van der Waals surface area contributed by atoms with Gasteiger partial charge in [-0.05, 0) is 48.7 Å². The van der Waals surface area contributed by atoms with Gasteiger partial charge in [-0.25, -0.2) is 4.79 Å². The maximum atomic E-state index is 13.0. The SMILES string of the molecule is CN1C2CC(C(C(=O)OO)(c3cccs3)c3cccs3)CC1C1OC12. The summed E-state index contributed by atoms with van der Waals surface area (Å²) in [6.07, 6.45) is 2.32. The van der Waals surface area contributed by atoms with E-state index in [1.165, 1.54) is 0 Å². The minimum atomic E-state index is -0.939. The first-order valence-corrected chi connectivity index (χ1v) is 10.2. The van der Waals surface area contributed by atoms with E-state index in [1.807, 2.05) is 35.0 Å². The Morgan fingerprint density at radius 1 is 1.20 bits per heavy atom. The van der Waals surface area contributed by atoms with Gasteiger partial charge in [0.1, 0.15) is 17.6 Å². The van der Waals surface area contributed by atoms with E-state index in [9.17, 15) is 10.1 Å². The largest absolute Gasteiger partial charge is 0.366 e. The maximum Gasteiger partial charge on any atom is 0.358 e. The van der Waals surface area contributed by atoms with Crippen LogP contribution in [0.25, 0.3) is 0 Å². The Morgan fingerprint density at radius 3 is 2.20 bits per heavy atom. The van der Waals surface area contributed by atoms with Crippen LogP contribution < -0.4 is 0 Å². The monoisotopic (exact) mass is 377 g/mol. The zero-order chi connectivity index (χ0) is 17.2. The van der Waals surface area contributed by atoms with Crippen molar-refractivity contribution < 1.29 is 19.7 Å². The van der Waals surface area contributed by atoms with Crippen molar-refractivity contribution in [1.82, 2.24) is 4.90 Å². The molecule has 3 aliphatic heterocycles. The molecule has 0 aliphatic carbocycles. The van der Waals surface area contributed by atoms with Gasteiger partial charge in [0.05, 0.1) is 0 Å². The number of fused-ring (bicyclic) bond motifs is 5. The second kappa shape index (κ2) is 5.62. The van der Waals surface area contributed by atoms with Gasteiger partial charge in [0, 0.05) is 21.8 Å². The van der Waals surface area contributed by atoms with E-state index in [2.05, 4.69) is 16.8 Å². The van der Waals surface area contributed by atoms with E-state index in [0.29, 0.717) is 24.3 Å². The molecule has 0 aromatic carbocycles. The van der Waals surface area contributed by atoms with Crippen LogP contribution in [0.1, 0.15) is 22.6 Å². The molecule has 5 rings (SSSR count). The van der Waals surface area contributed by atoms with Crippen molar-refractivity contribution >= 4 is 28.6 Å². The van der Waals surface area contributed by atoms with Gasteiger partial charge in [-0.1, -0.05) is 12.1 Å². The number of morpholine rings is 1. The van der Waals surface area contributed by atoms with Crippen LogP contribution in [0, 0.1) is 5.92 Å². The summed E-state index contributed by atoms with van der Waals surface area (Å²) in [5, 5.41) is 13.3. The van der Waals surface area contributed by atoms with Crippen LogP contribution in [-0.4, -0.2) is 47.5 Å². The van der Waals surface area contributed by atoms with Crippen LogP contribution in [0.2, 0.25) is 0 Å². The van der Waals surface area contributed by atoms with E-state index >= 15 is 0 Å². The normalized spacial score (nSPS) is 33.9. The van der Waals surface area contributed by atoms with Gasteiger partial charge in [0.25, 0.3) is 0 Å². The summed E-state index contributed by atoms with van der Waals surface area (Å²) >= 11 is 3.10. The number of epoxide rings is 1. The molecule has 25 heavy (non-hydrogen) atoms. The maximum absolute atomic E-state index is 13.0. The summed E-state index contributed by atoms with van der Waals surface area (Å²) in [5.74, 6) is -0.493. The van der Waals surface area contributed by atoms with Crippen LogP contribution in [0.15, 0.2) is 35.0 Å². The van der Waals surface area contributed by atoms with E-state index < -0.39 is 11.4 Å². The molecule has 0 amide bonds. The van der Waals surface area contributed by atoms with Crippen molar-refractivity contribution in [2.24, 2.45) is 5.92 Å². The third-order valence-electron chi connectivity index (χ3n) is 6.26. The van der Waals surface area contributed by atoms with E-state index in [1.54, 1.807) is 22.7 Å². The minimum absolute atomic E-state index is 0.0760. The molecule has 5 nitrogen and oxygen atoms in total. The molecule has 5 heterocycles. The average molecular weight is 377 g/mol. The summed E-state index contributed by atoms with van der Waals surface area (Å²) in [5.41, 5.74) is -0.939. The number of carbonyl (C=O) groups excluding carboxylic acids is 1. The fourth-order valence-corrected chi connectivity index (χ4v) is 7.15. The first kappa shape index (κ1) is 16.0. The number of thiophene rings is 2. The molecule has 2 bridgehead atoms. The fourth-order valence-electron chi connectivity index (χ4n) is 5.07. The Hall–Kier alpha value is -1.25. The Labute approximate surface area is 153 Å². The molecule has 3 fully saturated rings. The topological polar surface area (TPSA) is 62.3 Å². The van der Waals surface area contributed by atoms with Gasteiger partial charge in [-0.2, -0.15) is 5.26 Å². The van der Waals surface area contributed by atoms with Crippen LogP contribution in [0.5, 0.6) is 0 Å². The second-order valence-corrected chi connectivity index (χ2v) is 9.07. The second-order valence-electron chi connectivity index (χ2n) is 7.18. The van der Waals surface area contributed by atoms with E-state index in [-0.39, 0.29) is 5.92 Å². The summed E-state index contributed by atoms with van der Waals surface area (Å²) < 4.78 is 5.82. The van der Waals surface area contributed by atoms with Gasteiger partial charge in [-0.3, -0.25) is 9.79 Å². The minimum Gasteiger partial charge on any atom is -0.366 e. The Bertz CT molecular complexity index is 723. The molecule has 0 saturated carbocycles. The molecule has 0 spiro atoms. The summed E-state index contributed by atoms with van der Waals surface area (Å²) in [4.78, 5) is 21.7. The lowest BCUT2D eigenvalue weighted by Gasteiger charge is -2.45. The molecular formula is C18H19NO4S2. The molecule has 4 unspecified atom stereocenters. The zero-order valence-corrected chi connectivity index (χ0v) is 15.3. The first-order valence-electron chi connectivity index (χ1n) is 8.49. The molecule has 1 N–H and O–H groups in total. The van der Waals surface area contributed by atoms with Crippen LogP contribution in [-0.2, 0) is 19.8 Å². The number of ether oxygens (including phenoxy) is 1. The quantitative estimate of drug-likeness (QED) is 0.504. The molecule has 3 saturated heterocycles. The van der Waals surface area contributed by atoms with E-state index in [0.717, 1.165) is 22.6 Å². The third-order valence-corrected chi connectivity index (χ3v) is 8.27. The van der Waals surface area contributed by atoms with Crippen molar-refractivity contribution in [1.29, 1.82) is 0 Å². The van der Waals surface area contributed by atoms with Crippen LogP contribution >= 0.6 is 22.7 Å². The van der Waals surface area contributed by atoms with Crippen molar-refractivity contribution in [2.45, 2.75) is 42.5 Å². The molecule has 4 atom stereocenters. The summed E-state index contributed by atoms with van der Waals surface area (Å²) in [7, 11) is 2.16. The lowest BCUT2D eigenvalue weighted by molar-refractivity contribution is -0.241. The summed E-state index contributed by atoms with van der Waals surface area (Å²) in [6.45, 7) is 0. The lowest BCUT2D eigenvalue weighted by Crippen LogP contribution is -2.53. The van der Waals surface area contributed by atoms with Gasteiger partial charge >= 0.3 is 5.97 Å². The predicted molar refractivity (Wildman–Crippen MR) is 94.9 cm³/mol. The molecule has 3 aliphatic rings. The Balaban J connectivity index is 1.65. The van der Waals surface area contributed by atoms with Gasteiger partial charge in [-0.15, -0.1) is 22.7 Å². The molecule has 2 aromatic heterocycles. The van der Waals surface area contributed by atoms with Gasteiger partial charge in [0.2, 0.25) is 0 Å². The highest BCUT2D eigenvalue weighted by Gasteiger charge is 2.66. The number of carbonyl (C=O) groups is 1. The van der Waals surface area contributed by atoms with Crippen molar-refractivity contribution in [3.05, 3.63) is 44.8 Å². The Morgan fingerprint density at radius 2 is 1.76 bits per heavy atom. The highest BCUT2D eigenvalue weighted by molar-refractivity contribution is 7.12. The third kappa shape index (κ3) is 2.07.